The van der Waals surface area contributed by atoms with Crippen LogP contribution in [0.3, 0.4) is 0 Å². The average molecular weight is 349 g/mol. The number of carbonyl (C=O) groups is 2. The van der Waals surface area contributed by atoms with E-state index in [1.807, 2.05) is 54.6 Å². The molecule has 3 aromatic rings. The monoisotopic (exact) mass is 349 g/mol. The second kappa shape index (κ2) is 6.59. The van der Waals surface area contributed by atoms with Gasteiger partial charge in [0, 0.05) is 19.3 Å². The molecule has 2 heterocycles. The van der Waals surface area contributed by atoms with Crippen molar-refractivity contribution in [1.82, 2.24) is 19.9 Å². The van der Waals surface area contributed by atoms with Crippen molar-refractivity contribution in [2.75, 3.05) is 18.5 Å². The predicted molar refractivity (Wildman–Crippen MR) is 97.5 cm³/mol. The van der Waals surface area contributed by atoms with Crippen LogP contribution in [0, 0.1) is 0 Å². The van der Waals surface area contributed by atoms with Gasteiger partial charge < -0.3 is 9.80 Å². The molecule has 4 rings (SSSR count). The van der Waals surface area contributed by atoms with Crippen molar-refractivity contribution in [1.29, 1.82) is 0 Å². The van der Waals surface area contributed by atoms with E-state index in [1.165, 1.54) is 4.90 Å². The molecule has 1 atom stereocenters. The Kier molecular flexibility index (Phi) is 4.12. The lowest BCUT2D eigenvalue weighted by atomic mass is 10.2. The van der Waals surface area contributed by atoms with Gasteiger partial charge in [-0.1, -0.05) is 35.5 Å². The van der Waals surface area contributed by atoms with Gasteiger partial charge in [0.25, 0.3) is 0 Å². The van der Waals surface area contributed by atoms with Crippen LogP contribution < -0.4 is 4.90 Å². The minimum atomic E-state index is -0.447. The fraction of sp³-hybridized carbons (Fsp3) is 0.263. The molecular weight excluding hydrogens is 330 g/mol. The van der Waals surface area contributed by atoms with Crippen LogP contribution in [0.2, 0.25) is 0 Å². The summed E-state index contributed by atoms with van der Waals surface area (Å²) in [7, 11) is 1.68. The van der Waals surface area contributed by atoms with Gasteiger partial charge in [-0.3, -0.25) is 9.59 Å². The number of rotatable bonds is 4. The number of hydrogen-bond acceptors (Lipinski definition) is 4. The van der Waals surface area contributed by atoms with E-state index in [4.69, 9.17) is 0 Å². The van der Waals surface area contributed by atoms with Crippen molar-refractivity contribution < 1.29 is 9.59 Å². The summed E-state index contributed by atoms with van der Waals surface area (Å²) in [5.74, 6) is -0.204. The van der Waals surface area contributed by atoms with E-state index in [0.717, 1.165) is 16.7 Å². The quantitative estimate of drug-likeness (QED) is 0.719. The Bertz CT molecular complexity index is 953. The van der Waals surface area contributed by atoms with E-state index in [-0.39, 0.29) is 18.4 Å². The summed E-state index contributed by atoms with van der Waals surface area (Å²) >= 11 is 0. The second-order valence-corrected chi connectivity index (χ2v) is 6.37. The molecule has 1 saturated heterocycles. The Hall–Kier alpha value is -3.22. The van der Waals surface area contributed by atoms with Gasteiger partial charge in [0.1, 0.15) is 18.1 Å². The normalized spacial score (nSPS) is 17.0. The first kappa shape index (κ1) is 16.3. The Morgan fingerprint density at radius 3 is 2.69 bits per heavy atom. The standard InChI is InChI=1S/C19H19N5O2/c1-22(17-11-12-23(19(17)26)14-7-3-2-4-8-14)18(25)13-24-16-10-6-5-9-15(16)20-21-24/h2-10,17H,11-13H2,1H3/t17-/m1/s1. The maximum absolute atomic E-state index is 12.8. The molecule has 0 unspecified atom stereocenters. The maximum atomic E-state index is 12.8. The first-order valence-electron chi connectivity index (χ1n) is 8.55. The van der Waals surface area contributed by atoms with Crippen LogP contribution in [0.1, 0.15) is 6.42 Å². The van der Waals surface area contributed by atoms with Crippen molar-refractivity contribution >= 4 is 28.5 Å². The van der Waals surface area contributed by atoms with Crippen LogP contribution in [0.25, 0.3) is 11.0 Å². The zero-order chi connectivity index (χ0) is 18.1. The summed E-state index contributed by atoms with van der Waals surface area (Å²) in [5, 5.41) is 8.11. The van der Waals surface area contributed by atoms with Crippen molar-refractivity contribution in [3.05, 3.63) is 54.6 Å². The van der Waals surface area contributed by atoms with Crippen LogP contribution in [0.5, 0.6) is 0 Å². The van der Waals surface area contributed by atoms with Gasteiger partial charge in [-0.15, -0.1) is 5.10 Å². The maximum Gasteiger partial charge on any atom is 0.249 e. The third kappa shape index (κ3) is 2.81. The number of likely N-dealkylation sites (N-methyl/N-ethyl adjacent to an activating group) is 1. The molecule has 2 amide bonds. The van der Waals surface area contributed by atoms with Crippen LogP contribution in [0.15, 0.2) is 54.6 Å². The van der Waals surface area contributed by atoms with E-state index in [0.29, 0.717) is 13.0 Å². The third-order valence-corrected chi connectivity index (χ3v) is 4.81. The summed E-state index contributed by atoms with van der Waals surface area (Å²) < 4.78 is 1.57. The van der Waals surface area contributed by atoms with Gasteiger partial charge in [0.15, 0.2) is 0 Å². The lowest BCUT2D eigenvalue weighted by Gasteiger charge is -2.24. The van der Waals surface area contributed by atoms with Gasteiger partial charge in [0.05, 0.1) is 5.52 Å². The molecule has 0 N–H and O–H groups in total. The van der Waals surface area contributed by atoms with E-state index < -0.39 is 6.04 Å². The Morgan fingerprint density at radius 1 is 1.15 bits per heavy atom. The fourth-order valence-corrected chi connectivity index (χ4v) is 3.34. The smallest absolute Gasteiger partial charge is 0.249 e. The van der Waals surface area contributed by atoms with Crippen LogP contribution in [-0.4, -0.2) is 51.3 Å². The fourth-order valence-electron chi connectivity index (χ4n) is 3.34. The molecule has 0 bridgehead atoms. The van der Waals surface area contributed by atoms with E-state index >= 15 is 0 Å². The number of aromatic nitrogens is 3. The summed E-state index contributed by atoms with van der Waals surface area (Å²) in [6, 6.07) is 16.6. The summed E-state index contributed by atoms with van der Waals surface area (Å²) in [4.78, 5) is 28.7. The van der Waals surface area contributed by atoms with E-state index in [9.17, 15) is 9.59 Å². The largest absolute Gasteiger partial charge is 0.332 e. The van der Waals surface area contributed by atoms with Gasteiger partial charge in [-0.2, -0.15) is 0 Å². The number of amides is 2. The number of fused-ring (bicyclic) bond motifs is 1. The van der Waals surface area contributed by atoms with Crippen LogP contribution >= 0.6 is 0 Å². The van der Waals surface area contributed by atoms with Gasteiger partial charge in [-0.25, -0.2) is 4.68 Å². The van der Waals surface area contributed by atoms with E-state index in [1.54, 1.807) is 16.6 Å². The topological polar surface area (TPSA) is 71.3 Å². The molecule has 1 aromatic heterocycles. The minimum Gasteiger partial charge on any atom is -0.332 e. The van der Waals surface area contributed by atoms with Gasteiger partial charge >= 0.3 is 0 Å². The summed E-state index contributed by atoms with van der Waals surface area (Å²) in [5.41, 5.74) is 2.41. The lowest BCUT2D eigenvalue weighted by molar-refractivity contribution is -0.137. The summed E-state index contributed by atoms with van der Waals surface area (Å²) in [6.07, 6.45) is 0.619. The average Bonchev–Trinajstić information content (AvgIpc) is 3.26. The molecule has 1 aliphatic rings. The molecule has 0 aliphatic carbocycles. The highest BCUT2D eigenvalue weighted by Crippen LogP contribution is 2.24. The molecule has 1 aliphatic heterocycles. The molecule has 7 nitrogen and oxygen atoms in total. The lowest BCUT2D eigenvalue weighted by Crippen LogP contribution is -2.44. The highest BCUT2D eigenvalue weighted by molar-refractivity contribution is 6.01. The molecule has 0 spiro atoms. The minimum absolute atomic E-state index is 0.0458. The molecule has 0 radical (unpaired) electrons. The predicted octanol–water partition coefficient (Wildman–Crippen LogP) is 1.70. The molecule has 0 saturated carbocycles. The third-order valence-electron chi connectivity index (χ3n) is 4.81. The first-order chi connectivity index (χ1) is 12.6. The highest BCUT2D eigenvalue weighted by Gasteiger charge is 2.37. The zero-order valence-electron chi connectivity index (χ0n) is 14.4. The van der Waals surface area contributed by atoms with Crippen molar-refractivity contribution in [2.45, 2.75) is 19.0 Å². The number of nitrogens with zero attached hydrogens (tertiary/aromatic N) is 5. The first-order valence-corrected chi connectivity index (χ1v) is 8.55. The molecular formula is C19H19N5O2. The molecule has 26 heavy (non-hydrogen) atoms. The molecule has 132 valence electrons. The molecule has 2 aromatic carbocycles. The zero-order valence-corrected chi connectivity index (χ0v) is 14.4. The van der Waals surface area contributed by atoms with Crippen LogP contribution in [0.4, 0.5) is 5.69 Å². The molecule has 7 heteroatoms. The Morgan fingerprint density at radius 2 is 1.88 bits per heavy atom. The number of para-hydroxylation sites is 2. The SMILES string of the molecule is CN(C(=O)Cn1nnc2ccccc21)[C@@H]1CCN(c2ccccc2)C1=O. The molecule has 1 fully saturated rings. The number of carbonyl (C=O) groups excluding carboxylic acids is 2. The number of anilines is 1. The second-order valence-electron chi connectivity index (χ2n) is 6.37. The van der Waals surface area contributed by atoms with E-state index in [2.05, 4.69) is 10.3 Å². The van der Waals surface area contributed by atoms with Crippen molar-refractivity contribution in [3.63, 3.8) is 0 Å². The number of benzene rings is 2. The summed E-state index contributed by atoms with van der Waals surface area (Å²) in [6.45, 7) is 0.670. The van der Waals surface area contributed by atoms with Gasteiger partial charge in [-0.05, 0) is 30.7 Å². The van der Waals surface area contributed by atoms with Crippen molar-refractivity contribution in [2.24, 2.45) is 0 Å². The highest BCUT2D eigenvalue weighted by atomic mass is 16.2. The van der Waals surface area contributed by atoms with Crippen molar-refractivity contribution in [3.8, 4) is 0 Å². The van der Waals surface area contributed by atoms with Crippen LogP contribution in [-0.2, 0) is 16.1 Å². The Balaban J connectivity index is 1.48. The number of hydrogen-bond donors (Lipinski definition) is 0. The Labute approximate surface area is 150 Å². The van der Waals surface area contributed by atoms with Gasteiger partial charge in [0.2, 0.25) is 11.8 Å².